The standard InChI is InChI=1S/C11H17N5O2S2/c1-9-11(7-10(8-12)19-9)20(17,18)14-3-2-5-16-6-4-13-15-16/h4,6-7,14H,2-3,5,8,12H2,1H3. The first-order valence-corrected chi connectivity index (χ1v) is 8.46. The van der Waals surface area contributed by atoms with E-state index in [0.29, 0.717) is 31.0 Å². The second kappa shape index (κ2) is 6.44. The van der Waals surface area contributed by atoms with Gasteiger partial charge in [0.05, 0.1) is 11.1 Å². The summed E-state index contributed by atoms with van der Waals surface area (Å²) in [5.74, 6) is 0. The number of aromatic nitrogens is 3. The Morgan fingerprint density at radius 1 is 1.50 bits per heavy atom. The van der Waals surface area contributed by atoms with Gasteiger partial charge in [0, 0.05) is 35.6 Å². The fraction of sp³-hybridized carbons (Fsp3) is 0.455. The molecule has 110 valence electrons. The van der Waals surface area contributed by atoms with Crippen LogP contribution in [0.25, 0.3) is 0 Å². The molecule has 2 heterocycles. The van der Waals surface area contributed by atoms with Gasteiger partial charge in [-0.15, -0.1) is 16.4 Å². The number of rotatable bonds is 7. The zero-order valence-electron chi connectivity index (χ0n) is 11.1. The molecule has 0 aliphatic heterocycles. The van der Waals surface area contributed by atoms with Crippen molar-refractivity contribution in [3.63, 3.8) is 0 Å². The Bertz CT molecular complexity index is 648. The topological polar surface area (TPSA) is 103 Å². The first kappa shape index (κ1) is 15.1. The fourth-order valence-corrected chi connectivity index (χ4v) is 4.36. The number of nitrogens with zero attached hydrogens (tertiary/aromatic N) is 3. The van der Waals surface area contributed by atoms with Crippen molar-refractivity contribution in [2.75, 3.05) is 6.54 Å². The van der Waals surface area contributed by atoms with E-state index in [2.05, 4.69) is 15.0 Å². The molecule has 0 aliphatic rings. The first-order valence-electron chi connectivity index (χ1n) is 6.16. The van der Waals surface area contributed by atoms with Gasteiger partial charge in [0.1, 0.15) is 0 Å². The highest BCUT2D eigenvalue weighted by atomic mass is 32.2. The molecule has 3 N–H and O–H groups in total. The van der Waals surface area contributed by atoms with Gasteiger partial charge in [0.25, 0.3) is 0 Å². The molecule has 0 aliphatic carbocycles. The van der Waals surface area contributed by atoms with Crippen LogP contribution in [0, 0.1) is 6.92 Å². The van der Waals surface area contributed by atoms with Crippen LogP contribution in [-0.4, -0.2) is 30.0 Å². The molecule has 9 heteroatoms. The van der Waals surface area contributed by atoms with Crippen molar-refractivity contribution in [3.8, 4) is 0 Å². The first-order chi connectivity index (χ1) is 9.53. The van der Waals surface area contributed by atoms with Crippen molar-refractivity contribution in [1.82, 2.24) is 19.7 Å². The third-order valence-corrected chi connectivity index (χ3v) is 5.53. The lowest BCUT2D eigenvalue weighted by atomic mass is 10.4. The van der Waals surface area contributed by atoms with Crippen molar-refractivity contribution < 1.29 is 8.42 Å². The molecule has 0 fully saturated rings. The lowest BCUT2D eigenvalue weighted by Crippen LogP contribution is -2.25. The molecule has 0 unspecified atom stereocenters. The Morgan fingerprint density at radius 2 is 2.30 bits per heavy atom. The summed E-state index contributed by atoms with van der Waals surface area (Å²) in [6, 6.07) is 1.64. The number of hydrogen-bond donors (Lipinski definition) is 2. The maximum atomic E-state index is 12.2. The van der Waals surface area contributed by atoms with E-state index in [1.165, 1.54) is 11.3 Å². The summed E-state index contributed by atoms with van der Waals surface area (Å²) in [4.78, 5) is 1.95. The Kier molecular flexibility index (Phi) is 4.86. The maximum absolute atomic E-state index is 12.2. The molecule has 0 atom stereocenters. The lowest BCUT2D eigenvalue weighted by molar-refractivity contribution is 0.542. The minimum atomic E-state index is -3.46. The van der Waals surface area contributed by atoms with E-state index in [1.54, 1.807) is 30.1 Å². The third-order valence-electron chi connectivity index (χ3n) is 2.74. The van der Waals surface area contributed by atoms with Crippen LogP contribution in [-0.2, 0) is 23.1 Å². The number of thiophene rings is 1. The Balaban J connectivity index is 1.91. The van der Waals surface area contributed by atoms with E-state index >= 15 is 0 Å². The number of sulfonamides is 1. The molecule has 7 nitrogen and oxygen atoms in total. The molecular formula is C11H17N5O2S2. The van der Waals surface area contributed by atoms with Gasteiger partial charge in [-0.3, -0.25) is 4.68 Å². The van der Waals surface area contributed by atoms with Crippen LogP contribution in [0.15, 0.2) is 23.4 Å². The van der Waals surface area contributed by atoms with Gasteiger partial charge in [0.15, 0.2) is 0 Å². The Morgan fingerprint density at radius 3 is 2.90 bits per heavy atom. The molecule has 0 amide bonds. The predicted molar refractivity (Wildman–Crippen MR) is 76.8 cm³/mol. The summed E-state index contributed by atoms with van der Waals surface area (Å²) in [5, 5.41) is 7.50. The summed E-state index contributed by atoms with van der Waals surface area (Å²) in [6.07, 6.45) is 3.98. The van der Waals surface area contributed by atoms with Crippen molar-refractivity contribution in [1.29, 1.82) is 0 Å². The quantitative estimate of drug-likeness (QED) is 0.723. The summed E-state index contributed by atoms with van der Waals surface area (Å²) in [6.45, 7) is 3.12. The average molecular weight is 315 g/mol. The highest BCUT2D eigenvalue weighted by Crippen LogP contribution is 2.25. The van der Waals surface area contributed by atoms with Crippen LogP contribution >= 0.6 is 11.3 Å². The van der Waals surface area contributed by atoms with E-state index in [0.717, 1.165) is 9.75 Å². The maximum Gasteiger partial charge on any atom is 0.241 e. The molecule has 0 aromatic carbocycles. The van der Waals surface area contributed by atoms with Crippen molar-refractivity contribution >= 4 is 21.4 Å². The third kappa shape index (κ3) is 3.63. The molecule has 20 heavy (non-hydrogen) atoms. The summed E-state index contributed by atoms with van der Waals surface area (Å²) in [7, 11) is -3.46. The molecule has 0 saturated carbocycles. The van der Waals surface area contributed by atoms with E-state index in [-0.39, 0.29) is 0 Å². The molecule has 0 saturated heterocycles. The molecular weight excluding hydrogens is 298 g/mol. The molecule has 2 aromatic heterocycles. The van der Waals surface area contributed by atoms with Gasteiger partial charge >= 0.3 is 0 Å². The molecule has 0 spiro atoms. The zero-order valence-corrected chi connectivity index (χ0v) is 12.7. The highest BCUT2D eigenvalue weighted by Gasteiger charge is 2.18. The van der Waals surface area contributed by atoms with Crippen LogP contribution in [0.5, 0.6) is 0 Å². The minimum absolute atomic E-state index is 0.323. The Labute approximate surface area is 121 Å². The SMILES string of the molecule is Cc1sc(CN)cc1S(=O)(=O)NCCCn1ccnn1. The van der Waals surface area contributed by atoms with Crippen molar-refractivity contribution in [2.45, 2.75) is 31.3 Å². The highest BCUT2D eigenvalue weighted by molar-refractivity contribution is 7.89. The smallest absolute Gasteiger partial charge is 0.241 e. The summed E-state index contributed by atoms with van der Waals surface area (Å²) >= 11 is 1.41. The second-order valence-corrected chi connectivity index (χ2v) is 7.33. The largest absolute Gasteiger partial charge is 0.326 e. The normalized spacial score (nSPS) is 11.9. The van der Waals surface area contributed by atoms with Gasteiger partial charge in [0.2, 0.25) is 10.0 Å². The van der Waals surface area contributed by atoms with E-state index in [1.807, 2.05) is 0 Å². The monoisotopic (exact) mass is 315 g/mol. The van der Waals surface area contributed by atoms with E-state index in [4.69, 9.17) is 5.73 Å². The van der Waals surface area contributed by atoms with Crippen LogP contribution in [0.1, 0.15) is 16.2 Å². The number of aryl methyl sites for hydroxylation is 2. The second-order valence-electron chi connectivity index (χ2n) is 4.25. The van der Waals surface area contributed by atoms with Crippen molar-refractivity contribution in [3.05, 3.63) is 28.2 Å². The number of hydrogen-bond acceptors (Lipinski definition) is 6. The van der Waals surface area contributed by atoms with Crippen LogP contribution in [0.2, 0.25) is 0 Å². The fourth-order valence-electron chi connectivity index (χ4n) is 1.77. The molecule has 0 bridgehead atoms. The number of nitrogens with two attached hydrogens (primary N) is 1. The van der Waals surface area contributed by atoms with Gasteiger partial charge in [-0.05, 0) is 19.4 Å². The number of nitrogens with one attached hydrogen (secondary N) is 1. The minimum Gasteiger partial charge on any atom is -0.326 e. The van der Waals surface area contributed by atoms with Crippen LogP contribution < -0.4 is 10.5 Å². The van der Waals surface area contributed by atoms with Crippen LogP contribution in [0.3, 0.4) is 0 Å². The van der Waals surface area contributed by atoms with E-state index < -0.39 is 10.0 Å². The Hall–Kier alpha value is -1.29. The van der Waals surface area contributed by atoms with Gasteiger partial charge < -0.3 is 5.73 Å². The van der Waals surface area contributed by atoms with E-state index in [9.17, 15) is 8.42 Å². The van der Waals surface area contributed by atoms with Crippen molar-refractivity contribution in [2.24, 2.45) is 5.73 Å². The molecule has 2 rings (SSSR count). The predicted octanol–water partition coefficient (Wildman–Crippen LogP) is 0.475. The molecule has 0 radical (unpaired) electrons. The average Bonchev–Trinajstić information content (AvgIpc) is 3.04. The summed E-state index contributed by atoms with van der Waals surface area (Å²) < 4.78 is 28.6. The van der Waals surface area contributed by atoms with Crippen LogP contribution in [0.4, 0.5) is 0 Å². The van der Waals surface area contributed by atoms with Gasteiger partial charge in [-0.1, -0.05) is 5.21 Å². The lowest BCUT2D eigenvalue weighted by Gasteiger charge is -2.06. The van der Waals surface area contributed by atoms with Gasteiger partial charge in [-0.25, -0.2) is 13.1 Å². The molecule has 2 aromatic rings. The summed E-state index contributed by atoms with van der Waals surface area (Å²) in [5.41, 5.74) is 5.53. The van der Waals surface area contributed by atoms with Gasteiger partial charge in [-0.2, -0.15) is 0 Å². The zero-order chi connectivity index (χ0) is 14.6.